The zero-order valence-electron chi connectivity index (χ0n) is 19.1. The minimum absolute atomic E-state index is 0.0717. The molecule has 10 heteroatoms. The fourth-order valence-electron chi connectivity index (χ4n) is 3.44. The highest BCUT2D eigenvalue weighted by molar-refractivity contribution is 6.39. The molecule has 2 amide bonds. The Morgan fingerprint density at radius 2 is 1.63 bits per heavy atom. The maximum atomic E-state index is 12.7. The van der Waals surface area contributed by atoms with Crippen LogP contribution in [0.5, 0.6) is 0 Å². The lowest BCUT2D eigenvalue weighted by atomic mass is 10.1. The summed E-state index contributed by atoms with van der Waals surface area (Å²) in [5.74, 6) is 0.771. The van der Waals surface area contributed by atoms with Crippen LogP contribution in [0.25, 0.3) is 11.3 Å². The molecule has 0 aliphatic rings. The van der Waals surface area contributed by atoms with Gasteiger partial charge in [0, 0.05) is 23.0 Å². The van der Waals surface area contributed by atoms with E-state index in [4.69, 9.17) is 27.6 Å². The van der Waals surface area contributed by atoms with Gasteiger partial charge in [-0.3, -0.25) is 20.4 Å². The van der Waals surface area contributed by atoms with Crippen molar-refractivity contribution in [2.45, 2.75) is 20.8 Å². The fourth-order valence-corrected chi connectivity index (χ4v) is 4.00. The number of aromatic nitrogens is 2. The first-order valence-corrected chi connectivity index (χ1v) is 11.3. The van der Waals surface area contributed by atoms with E-state index in [1.165, 1.54) is 12.1 Å². The summed E-state index contributed by atoms with van der Waals surface area (Å²) in [6, 6.07) is 13.5. The van der Waals surface area contributed by atoms with Crippen molar-refractivity contribution in [1.29, 1.82) is 0 Å². The predicted octanol–water partition coefficient (Wildman–Crippen LogP) is 5.79. The van der Waals surface area contributed by atoms with E-state index < -0.39 is 11.8 Å². The summed E-state index contributed by atoms with van der Waals surface area (Å²) in [7, 11) is 0. The van der Waals surface area contributed by atoms with Crippen LogP contribution in [-0.4, -0.2) is 21.8 Å². The minimum atomic E-state index is -0.630. The molecule has 178 valence electrons. The van der Waals surface area contributed by atoms with Crippen LogP contribution in [0.4, 0.5) is 11.6 Å². The van der Waals surface area contributed by atoms with Crippen LogP contribution in [0.3, 0.4) is 0 Å². The zero-order chi connectivity index (χ0) is 25.1. The molecule has 0 unspecified atom stereocenters. The van der Waals surface area contributed by atoms with Gasteiger partial charge in [0.25, 0.3) is 11.8 Å². The lowest BCUT2D eigenvalue weighted by Gasteiger charge is -2.12. The van der Waals surface area contributed by atoms with E-state index in [0.29, 0.717) is 22.9 Å². The normalized spacial score (nSPS) is 10.7. The lowest BCUT2D eigenvalue weighted by Crippen LogP contribution is -2.41. The van der Waals surface area contributed by atoms with Gasteiger partial charge in [0.2, 0.25) is 5.95 Å². The molecular weight excluding hydrogens is 489 g/mol. The Balaban J connectivity index is 1.49. The standard InChI is InChI=1S/C25H21Cl2N5O3/c1-13-7-8-16(23(33)31-32-24(34)22-18(26)5-4-6-19(22)27)12-21(13)30-25-28-10-9-20(29-25)17-11-14(2)35-15(17)3/h4-12H,1-3H3,(H,31,33)(H,32,34)(H,28,29,30). The monoisotopic (exact) mass is 509 g/mol. The third-order valence-electron chi connectivity index (χ3n) is 5.20. The summed E-state index contributed by atoms with van der Waals surface area (Å²) in [6.45, 7) is 5.64. The average Bonchev–Trinajstić information content (AvgIpc) is 3.16. The van der Waals surface area contributed by atoms with E-state index in [0.717, 1.165) is 22.6 Å². The van der Waals surface area contributed by atoms with E-state index in [-0.39, 0.29) is 15.6 Å². The maximum Gasteiger partial charge on any atom is 0.272 e. The van der Waals surface area contributed by atoms with Crippen molar-refractivity contribution in [2.24, 2.45) is 0 Å². The Hall–Kier alpha value is -3.88. The van der Waals surface area contributed by atoms with Crippen LogP contribution in [-0.2, 0) is 0 Å². The number of anilines is 2. The molecule has 0 fully saturated rings. The van der Waals surface area contributed by atoms with Gasteiger partial charge in [-0.25, -0.2) is 9.97 Å². The Morgan fingerprint density at radius 3 is 2.31 bits per heavy atom. The number of amides is 2. The van der Waals surface area contributed by atoms with E-state index in [2.05, 4.69) is 26.1 Å². The van der Waals surface area contributed by atoms with Crippen molar-refractivity contribution >= 4 is 46.7 Å². The number of hydrogen-bond acceptors (Lipinski definition) is 6. The van der Waals surface area contributed by atoms with Gasteiger partial charge in [-0.2, -0.15) is 0 Å². The summed E-state index contributed by atoms with van der Waals surface area (Å²) >= 11 is 12.1. The van der Waals surface area contributed by atoms with E-state index in [1.807, 2.05) is 26.8 Å². The largest absolute Gasteiger partial charge is 0.466 e. The highest BCUT2D eigenvalue weighted by Crippen LogP contribution is 2.27. The molecule has 3 N–H and O–H groups in total. The topological polar surface area (TPSA) is 109 Å². The van der Waals surface area contributed by atoms with Gasteiger partial charge >= 0.3 is 0 Å². The summed E-state index contributed by atoms with van der Waals surface area (Å²) in [5.41, 5.74) is 8.19. The van der Waals surface area contributed by atoms with E-state index >= 15 is 0 Å². The molecule has 0 atom stereocenters. The van der Waals surface area contributed by atoms with Crippen molar-refractivity contribution in [2.75, 3.05) is 5.32 Å². The Bertz CT molecular complexity index is 1410. The molecule has 35 heavy (non-hydrogen) atoms. The number of furan rings is 1. The number of carbonyl (C=O) groups is 2. The molecule has 0 bridgehead atoms. The van der Waals surface area contributed by atoms with Crippen LogP contribution in [0.1, 0.15) is 37.8 Å². The smallest absolute Gasteiger partial charge is 0.272 e. The second-order valence-electron chi connectivity index (χ2n) is 7.75. The number of nitrogens with one attached hydrogen (secondary N) is 3. The first kappa shape index (κ1) is 24.3. The third-order valence-corrected chi connectivity index (χ3v) is 5.83. The van der Waals surface area contributed by atoms with Crippen molar-refractivity contribution in [3.8, 4) is 11.3 Å². The molecule has 0 radical (unpaired) electrons. The summed E-state index contributed by atoms with van der Waals surface area (Å²) < 4.78 is 5.60. The summed E-state index contributed by atoms with van der Waals surface area (Å²) in [4.78, 5) is 34.0. The van der Waals surface area contributed by atoms with Gasteiger partial charge in [-0.15, -0.1) is 0 Å². The Labute approximate surface area is 211 Å². The number of hydrazine groups is 1. The average molecular weight is 510 g/mol. The molecule has 0 spiro atoms. The predicted molar refractivity (Wildman–Crippen MR) is 135 cm³/mol. The molecule has 4 rings (SSSR count). The van der Waals surface area contributed by atoms with Gasteiger partial charge in [0.15, 0.2) is 0 Å². The van der Waals surface area contributed by atoms with Gasteiger partial charge in [0.1, 0.15) is 11.5 Å². The zero-order valence-corrected chi connectivity index (χ0v) is 20.6. The number of hydrogen-bond donors (Lipinski definition) is 3. The molecule has 2 aromatic heterocycles. The van der Waals surface area contributed by atoms with Crippen LogP contribution < -0.4 is 16.2 Å². The fraction of sp³-hybridized carbons (Fsp3) is 0.120. The second-order valence-corrected chi connectivity index (χ2v) is 8.57. The molecule has 2 heterocycles. The van der Waals surface area contributed by atoms with Crippen LogP contribution in [0, 0.1) is 20.8 Å². The van der Waals surface area contributed by atoms with Crippen molar-refractivity contribution < 1.29 is 14.0 Å². The van der Waals surface area contributed by atoms with Gasteiger partial charge < -0.3 is 9.73 Å². The minimum Gasteiger partial charge on any atom is -0.466 e. The number of benzene rings is 2. The van der Waals surface area contributed by atoms with Crippen LogP contribution in [0.2, 0.25) is 10.0 Å². The summed E-state index contributed by atoms with van der Waals surface area (Å²) in [6.07, 6.45) is 1.65. The molecule has 0 aliphatic heterocycles. The van der Waals surface area contributed by atoms with Gasteiger partial charge in [-0.05, 0) is 62.7 Å². The number of carbonyl (C=O) groups excluding carboxylic acids is 2. The van der Waals surface area contributed by atoms with Gasteiger partial charge in [0.05, 0.1) is 21.3 Å². The highest BCUT2D eigenvalue weighted by Gasteiger charge is 2.16. The Kier molecular flexibility index (Phi) is 7.04. The quantitative estimate of drug-likeness (QED) is 0.294. The summed E-state index contributed by atoms with van der Waals surface area (Å²) in [5, 5.41) is 3.50. The number of nitrogens with zero attached hydrogens (tertiary/aromatic N) is 2. The SMILES string of the molecule is Cc1cc(-c2ccnc(Nc3cc(C(=O)NNC(=O)c4c(Cl)cccc4Cl)ccc3C)n2)c(C)o1. The molecule has 2 aromatic carbocycles. The number of aryl methyl sites for hydroxylation is 3. The third kappa shape index (κ3) is 5.45. The van der Waals surface area contributed by atoms with Crippen LogP contribution >= 0.6 is 23.2 Å². The highest BCUT2D eigenvalue weighted by atomic mass is 35.5. The van der Waals surface area contributed by atoms with E-state index in [9.17, 15) is 9.59 Å². The lowest BCUT2D eigenvalue weighted by molar-refractivity contribution is 0.0847. The van der Waals surface area contributed by atoms with Crippen molar-refractivity contribution in [3.05, 3.63) is 93.0 Å². The maximum absolute atomic E-state index is 12.7. The van der Waals surface area contributed by atoms with E-state index in [1.54, 1.807) is 36.5 Å². The molecule has 0 saturated carbocycles. The molecular formula is C25H21Cl2N5O3. The van der Waals surface area contributed by atoms with Crippen molar-refractivity contribution in [1.82, 2.24) is 20.8 Å². The number of rotatable bonds is 5. The van der Waals surface area contributed by atoms with Gasteiger partial charge in [-0.1, -0.05) is 35.3 Å². The molecule has 0 aliphatic carbocycles. The molecule has 8 nitrogen and oxygen atoms in total. The van der Waals surface area contributed by atoms with Crippen LogP contribution in [0.15, 0.2) is 59.1 Å². The molecule has 0 saturated heterocycles. The molecule has 4 aromatic rings. The second kappa shape index (κ2) is 10.2. The first-order valence-electron chi connectivity index (χ1n) is 10.6. The number of halogens is 2. The Morgan fingerprint density at radius 1 is 0.914 bits per heavy atom. The first-order chi connectivity index (χ1) is 16.7. The van der Waals surface area contributed by atoms with Crippen molar-refractivity contribution in [3.63, 3.8) is 0 Å².